The third-order valence-electron chi connectivity index (χ3n) is 3.19. The molecule has 1 aromatic carbocycles. The van der Waals surface area contributed by atoms with Crippen molar-refractivity contribution in [2.24, 2.45) is 0 Å². The lowest BCUT2D eigenvalue weighted by Gasteiger charge is -2.22. The summed E-state index contributed by atoms with van der Waals surface area (Å²) in [5, 5.41) is 0. The number of rotatable bonds is 4. The van der Waals surface area contributed by atoms with Crippen LogP contribution in [0.3, 0.4) is 0 Å². The predicted molar refractivity (Wildman–Crippen MR) is 71.7 cm³/mol. The van der Waals surface area contributed by atoms with E-state index in [0.29, 0.717) is 12.3 Å². The van der Waals surface area contributed by atoms with Crippen LogP contribution in [0.1, 0.15) is 31.2 Å². The van der Waals surface area contributed by atoms with Crippen LogP contribution < -0.4 is 4.90 Å². The molecule has 2 rings (SSSR count). The zero-order valence-electron chi connectivity index (χ0n) is 9.99. The largest absolute Gasteiger partial charge is 0.312 e. The van der Waals surface area contributed by atoms with Crippen LogP contribution in [-0.2, 0) is 11.2 Å². The molecule has 0 N–H and O–H groups in total. The number of alkyl halides is 1. The van der Waals surface area contributed by atoms with Gasteiger partial charge in [-0.05, 0) is 37.3 Å². The summed E-state index contributed by atoms with van der Waals surface area (Å²) in [4.78, 5) is 14.0. The summed E-state index contributed by atoms with van der Waals surface area (Å²) in [6.07, 6.45) is 4.57. The van der Waals surface area contributed by atoms with Gasteiger partial charge in [0.25, 0.3) is 0 Å². The van der Waals surface area contributed by atoms with Crippen molar-refractivity contribution in [2.75, 3.05) is 17.3 Å². The highest BCUT2D eigenvalue weighted by Gasteiger charge is 2.20. The van der Waals surface area contributed by atoms with Crippen LogP contribution in [0.5, 0.6) is 0 Å². The fourth-order valence-corrected chi connectivity index (χ4v) is 2.48. The molecule has 1 amide bonds. The minimum atomic E-state index is 0.254. The van der Waals surface area contributed by atoms with E-state index >= 15 is 0 Å². The quantitative estimate of drug-likeness (QED) is 0.594. The lowest BCUT2D eigenvalue weighted by atomic mass is 10.1. The summed E-state index contributed by atoms with van der Waals surface area (Å²) < 4.78 is 0. The molecule has 0 aromatic heterocycles. The molecule has 0 saturated heterocycles. The summed E-state index contributed by atoms with van der Waals surface area (Å²) >= 11 is 5.68. The van der Waals surface area contributed by atoms with Crippen LogP contribution in [0.2, 0.25) is 0 Å². The molecule has 0 spiro atoms. The molecule has 0 atom stereocenters. The van der Waals surface area contributed by atoms with E-state index in [9.17, 15) is 4.79 Å². The van der Waals surface area contributed by atoms with Gasteiger partial charge in [0.05, 0.1) is 0 Å². The number of anilines is 1. The van der Waals surface area contributed by atoms with Gasteiger partial charge in [-0.25, -0.2) is 0 Å². The Hall–Kier alpha value is -1.02. The van der Waals surface area contributed by atoms with Crippen molar-refractivity contribution in [3.63, 3.8) is 0 Å². The monoisotopic (exact) mass is 251 g/mol. The number of unbranched alkanes of at least 4 members (excludes halogenated alkanes) is 1. The molecule has 92 valence electrons. The molecule has 2 nitrogen and oxygen atoms in total. The van der Waals surface area contributed by atoms with Crippen molar-refractivity contribution in [2.45, 2.75) is 32.1 Å². The average molecular weight is 252 g/mol. The Kier molecular flexibility index (Phi) is 4.43. The summed E-state index contributed by atoms with van der Waals surface area (Å²) in [5.41, 5.74) is 2.40. The zero-order valence-corrected chi connectivity index (χ0v) is 10.7. The van der Waals surface area contributed by atoms with Crippen LogP contribution in [0.4, 0.5) is 5.69 Å². The predicted octanol–water partition coefficient (Wildman–Crippen LogP) is 3.37. The lowest BCUT2D eigenvalue weighted by Crippen LogP contribution is -2.31. The van der Waals surface area contributed by atoms with Crippen LogP contribution in [-0.4, -0.2) is 18.3 Å². The third kappa shape index (κ3) is 3.01. The van der Waals surface area contributed by atoms with E-state index in [1.54, 1.807) is 0 Å². The molecule has 0 unspecified atom stereocenters. The van der Waals surface area contributed by atoms with E-state index in [1.807, 2.05) is 17.0 Å². The van der Waals surface area contributed by atoms with Crippen molar-refractivity contribution in [3.8, 4) is 0 Å². The second-order valence-corrected chi connectivity index (χ2v) is 4.80. The molecule has 0 bridgehead atoms. The number of amides is 1. The second-order valence-electron chi connectivity index (χ2n) is 4.42. The van der Waals surface area contributed by atoms with Crippen LogP contribution >= 0.6 is 11.6 Å². The highest BCUT2D eigenvalue weighted by molar-refractivity contribution is 6.17. The van der Waals surface area contributed by atoms with E-state index in [2.05, 4.69) is 12.1 Å². The molecule has 1 aliphatic heterocycles. The fraction of sp³-hybridized carbons (Fsp3) is 0.500. The Morgan fingerprint density at radius 2 is 2.00 bits per heavy atom. The van der Waals surface area contributed by atoms with Crippen molar-refractivity contribution < 1.29 is 4.79 Å². The van der Waals surface area contributed by atoms with Gasteiger partial charge in [0.1, 0.15) is 0 Å². The minimum Gasteiger partial charge on any atom is -0.312 e. The summed E-state index contributed by atoms with van der Waals surface area (Å²) in [7, 11) is 0. The molecule has 0 aliphatic carbocycles. The Morgan fingerprint density at radius 1 is 1.18 bits per heavy atom. The number of benzene rings is 1. The third-order valence-corrected chi connectivity index (χ3v) is 3.45. The van der Waals surface area contributed by atoms with Gasteiger partial charge < -0.3 is 4.90 Å². The van der Waals surface area contributed by atoms with Crippen molar-refractivity contribution in [1.29, 1.82) is 0 Å². The first-order chi connectivity index (χ1) is 8.33. The van der Waals surface area contributed by atoms with Gasteiger partial charge in [-0.3, -0.25) is 4.79 Å². The molecule has 1 heterocycles. The molecule has 3 heteroatoms. The van der Waals surface area contributed by atoms with E-state index in [1.165, 1.54) is 5.56 Å². The van der Waals surface area contributed by atoms with Crippen molar-refractivity contribution in [3.05, 3.63) is 29.8 Å². The van der Waals surface area contributed by atoms with Crippen LogP contribution in [0.15, 0.2) is 24.3 Å². The maximum atomic E-state index is 12.1. The molecular weight excluding hydrogens is 234 g/mol. The van der Waals surface area contributed by atoms with E-state index in [-0.39, 0.29) is 5.91 Å². The van der Waals surface area contributed by atoms with Gasteiger partial charge in [-0.1, -0.05) is 18.2 Å². The first-order valence-corrected chi connectivity index (χ1v) is 6.80. The number of hydrogen-bond donors (Lipinski definition) is 0. The highest BCUT2D eigenvalue weighted by atomic mass is 35.5. The number of aryl methyl sites for hydroxylation is 1. The van der Waals surface area contributed by atoms with E-state index in [4.69, 9.17) is 11.6 Å². The minimum absolute atomic E-state index is 0.254. The maximum absolute atomic E-state index is 12.1. The van der Waals surface area contributed by atoms with Gasteiger partial charge in [0.15, 0.2) is 0 Å². The SMILES string of the molecule is O=C1CCCc2ccccc2N1CCCCCl. The number of fused-ring (bicyclic) bond motifs is 1. The normalized spacial score (nSPS) is 15.6. The number of para-hydroxylation sites is 1. The molecule has 17 heavy (non-hydrogen) atoms. The Morgan fingerprint density at radius 3 is 2.82 bits per heavy atom. The standard InChI is InChI=1S/C14H18ClNO/c15-10-3-4-11-16-13-8-2-1-6-12(13)7-5-9-14(16)17/h1-2,6,8H,3-5,7,9-11H2. The van der Waals surface area contributed by atoms with Gasteiger partial charge >= 0.3 is 0 Å². The number of halogens is 1. The lowest BCUT2D eigenvalue weighted by molar-refractivity contribution is -0.118. The molecule has 0 saturated carbocycles. The number of carbonyl (C=O) groups is 1. The maximum Gasteiger partial charge on any atom is 0.226 e. The molecular formula is C14H18ClNO. The Balaban J connectivity index is 2.18. The molecule has 0 fully saturated rings. The summed E-state index contributed by atoms with van der Waals surface area (Å²) in [5.74, 6) is 0.925. The van der Waals surface area contributed by atoms with Crippen molar-refractivity contribution >= 4 is 23.2 Å². The van der Waals surface area contributed by atoms with Gasteiger partial charge in [0.2, 0.25) is 5.91 Å². The number of nitrogens with zero attached hydrogens (tertiary/aromatic N) is 1. The van der Waals surface area contributed by atoms with Gasteiger partial charge in [0, 0.05) is 24.5 Å². The summed E-state index contributed by atoms with van der Waals surface area (Å²) in [6, 6.07) is 8.24. The fourth-order valence-electron chi connectivity index (χ4n) is 2.29. The number of carbonyl (C=O) groups excluding carboxylic acids is 1. The van der Waals surface area contributed by atoms with Crippen LogP contribution in [0.25, 0.3) is 0 Å². The first kappa shape index (κ1) is 12.4. The topological polar surface area (TPSA) is 20.3 Å². The van der Waals surface area contributed by atoms with E-state index < -0.39 is 0 Å². The highest BCUT2D eigenvalue weighted by Crippen LogP contribution is 2.26. The van der Waals surface area contributed by atoms with Gasteiger partial charge in [-0.2, -0.15) is 0 Å². The van der Waals surface area contributed by atoms with Crippen LogP contribution in [0, 0.1) is 0 Å². The molecule has 0 radical (unpaired) electrons. The Bertz CT molecular complexity index is 392. The molecule has 1 aromatic rings. The van der Waals surface area contributed by atoms with Gasteiger partial charge in [-0.15, -0.1) is 11.6 Å². The second kappa shape index (κ2) is 6.06. The number of hydrogen-bond acceptors (Lipinski definition) is 1. The molecule has 1 aliphatic rings. The summed E-state index contributed by atoms with van der Waals surface area (Å²) in [6.45, 7) is 0.794. The average Bonchev–Trinajstić information content (AvgIpc) is 2.50. The smallest absolute Gasteiger partial charge is 0.226 e. The van der Waals surface area contributed by atoms with Crippen molar-refractivity contribution in [1.82, 2.24) is 0 Å². The Labute approximate surface area is 108 Å². The first-order valence-electron chi connectivity index (χ1n) is 6.27. The zero-order chi connectivity index (χ0) is 12.1. The van der Waals surface area contributed by atoms with E-state index in [0.717, 1.165) is 37.9 Å².